The summed E-state index contributed by atoms with van der Waals surface area (Å²) in [4.78, 5) is 18.6. The van der Waals surface area contributed by atoms with E-state index in [4.69, 9.17) is 10.8 Å². The quantitative estimate of drug-likeness (QED) is 0.692. The van der Waals surface area contributed by atoms with Crippen LogP contribution in [-0.4, -0.2) is 26.2 Å². The van der Waals surface area contributed by atoms with Crippen LogP contribution in [0.5, 0.6) is 0 Å². The third kappa shape index (κ3) is 2.48. The van der Waals surface area contributed by atoms with E-state index in [0.29, 0.717) is 5.82 Å². The zero-order valence-electron chi connectivity index (χ0n) is 8.62. The fourth-order valence-electron chi connectivity index (χ4n) is 1.22. The summed E-state index contributed by atoms with van der Waals surface area (Å²) in [5.41, 5.74) is 5.74. The molecule has 2 aromatic rings. The highest BCUT2D eigenvalue weighted by atomic mass is 16.5. The number of carboxylic acids is 1. The maximum atomic E-state index is 10.9. The van der Waals surface area contributed by atoms with Gasteiger partial charge in [0.1, 0.15) is 11.4 Å². The maximum absolute atomic E-state index is 10.9. The number of hydrogen-bond acceptors (Lipinski definition) is 7. The summed E-state index contributed by atoms with van der Waals surface area (Å²) in [6, 6.07) is 1.33. The minimum absolute atomic E-state index is 0.00602. The topological polar surface area (TPSA) is 127 Å². The van der Waals surface area contributed by atoms with Gasteiger partial charge in [0.05, 0.1) is 18.4 Å². The number of nitrogens with two attached hydrogens (primary N) is 1. The van der Waals surface area contributed by atoms with Crippen LogP contribution in [0.1, 0.15) is 16.2 Å². The molecule has 0 amide bonds. The van der Waals surface area contributed by atoms with Crippen molar-refractivity contribution >= 4 is 17.5 Å². The molecule has 2 rings (SSSR count). The number of nitrogens with one attached hydrogen (secondary N) is 1. The first-order valence-corrected chi connectivity index (χ1v) is 4.65. The number of nitrogens with zero attached hydrogens (tertiary/aromatic N) is 3. The molecular weight excluding hydrogens is 226 g/mol. The molecule has 0 aliphatic carbocycles. The van der Waals surface area contributed by atoms with Crippen molar-refractivity contribution in [2.24, 2.45) is 0 Å². The van der Waals surface area contributed by atoms with Crippen LogP contribution >= 0.6 is 0 Å². The molecule has 4 N–H and O–H groups in total. The molecule has 17 heavy (non-hydrogen) atoms. The van der Waals surface area contributed by atoms with Crippen molar-refractivity contribution < 1.29 is 14.4 Å². The Morgan fingerprint density at radius 3 is 3.00 bits per heavy atom. The second-order valence-electron chi connectivity index (χ2n) is 3.17. The SMILES string of the molecule is Nc1cnc(NCc2ncon2)c(C(=O)O)c1. The zero-order valence-corrected chi connectivity index (χ0v) is 8.62. The first kappa shape index (κ1) is 10.9. The van der Waals surface area contributed by atoms with Gasteiger partial charge >= 0.3 is 5.97 Å². The third-order valence-electron chi connectivity index (χ3n) is 1.96. The number of aromatic carboxylic acids is 1. The predicted octanol–water partition coefficient (Wildman–Crippen LogP) is 0.357. The molecule has 8 heteroatoms. The first-order chi connectivity index (χ1) is 8.16. The molecule has 8 nitrogen and oxygen atoms in total. The second-order valence-corrected chi connectivity index (χ2v) is 3.17. The summed E-state index contributed by atoms with van der Waals surface area (Å²) in [6.45, 7) is 0.216. The monoisotopic (exact) mass is 235 g/mol. The normalized spacial score (nSPS) is 10.1. The third-order valence-corrected chi connectivity index (χ3v) is 1.96. The fraction of sp³-hybridized carbons (Fsp3) is 0.111. The van der Waals surface area contributed by atoms with Gasteiger partial charge in [-0.1, -0.05) is 5.16 Å². The van der Waals surface area contributed by atoms with E-state index in [0.717, 1.165) is 0 Å². The molecule has 0 fully saturated rings. The van der Waals surface area contributed by atoms with E-state index in [1.807, 2.05) is 0 Å². The fourth-order valence-corrected chi connectivity index (χ4v) is 1.22. The highest BCUT2D eigenvalue weighted by molar-refractivity contribution is 5.94. The van der Waals surface area contributed by atoms with Crippen LogP contribution in [0, 0.1) is 0 Å². The molecule has 88 valence electrons. The summed E-state index contributed by atoms with van der Waals surface area (Å²) in [7, 11) is 0. The van der Waals surface area contributed by atoms with E-state index in [9.17, 15) is 4.79 Å². The maximum Gasteiger partial charge on any atom is 0.339 e. The number of rotatable bonds is 4. The molecule has 0 spiro atoms. The Labute approximate surface area is 95.5 Å². The summed E-state index contributed by atoms with van der Waals surface area (Å²) < 4.78 is 4.54. The predicted molar refractivity (Wildman–Crippen MR) is 57.2 cm³/mol. The van der Waals surface area contributed by atoms with E-state index in [1.165, 1.54) is 18.7 Å². The lowest BCUT2D eigenvalue weighted by Gasteiger charge is -2.06. The van der Waals surface area contributed by atoms with Crippen LogP contribution in [0.4, 0.5) is 11.5 Å². The van der Waals surface area contributed by atoms with E-state index in [1.54, 1.807) is 0 Å². The van der Waals surface area contributed by atoms with Crippen LogP contribution in [-0.2, 0) is 6.54 Å². The lowest BCUT2D eigenvalue weighted by atomic mass is 10.2. The zero-order chi connectivity index (χ0) is 12.3. The summed E-state index contributed by atoms with van der Waals surface area (Å²) in [5.74, 6) is -0.503. The number of hydrogen-bond donors (Lipinski definition) is 3. The summed E-state index contributed by atoms with van der Waals surface area (Å²) in [6.07, 6.45) is 2.55. The average Bonchev–Trinajstić information content (AvgIpc) is 2.80. The lowest BCUT2D eigenvalue weighted by Crippen LogP contribution is -2.09. The van der Waals surface area contributed by atoms with Crippen LogP contribution in [0.25, 0.3) is 0 Å². The van der Waals surface area contributed by atoms with Crippen molar-refractivity contribution in [2.45, 2.75) is 6.54 Å². The van der Waals surface area contributed by atoms with Gasteiger partial charge in [0.25, 0.3) is 0 Å². The molecular formula is C9H9N5O3. The minimum Gasteiger partial charge on any atom is -0.478 e. The largest absolute Gasteiger partial charge is 0.478 e. The number of nitrogen functional groups attached to an aromatic ring is 1. The van der Waals surface area contributed by atoms with Crippen molar-refractivity contribution in [2.75, 3.05) is 11.1 Å². The summed E-state index contributed by atoms with van der Waals surface area (Å²) >= 11 is 0. The Balaban J connectivity index is 2.17. The number of pyridine rings is 1. The Bertz CT molecular complexity index is 525. The van der Waals surface area contributed by atoms with Gasteiger partial charge in [-0.3, -0.25) is 0 Å². The summed E-state index contributed by atoms with van der Waals surface area (Å²) in [5, 5.41) is 15.3. The number of carboxylic acid groups (broad SMARTS) is 1. The molecule has 0 radical (unpaired) electrons. The van der Waals surface area contributed by atoms with Gasteiger partial charge in [-0.2, -0.15) is 4.98 Å². The molecule has 2 aromatic heterocycles. The van der Waals surface area contributed by atoms with Crippen molar-refractivity contribution in [1.29, 1.82) is 0 Å². The molecule has 0 aliphatic heterocycles. The van der Waals surface area contributed by atoms with Crippen molar-refractivity contribution in [3.63, 3.8) is 0 Å². The number of carbonyl (C=O) groups is 1. The average molecular weight is 235 g/mol. The highest BCUT2D eigenvalue weighted by Crippen LogP contribution is 2.15. The van der Waals surface area contributed by atoms with Gasteiger partial charge in [0.15, 0.2) is 5.82 Å². The second kappa shape index (κ2) is 4.47. The van der Waals surface area contributed by atoms with Gasteiger partial charge < -0.3 is 20.7 Å². The van der Waals surface area contributed by atoms with Crippen LogP contribution < -0.4 is 11.1 Å². The van der Waals surface area contributed by atoms with Crippen LogP contribution in [0.15, 0.2) is 23.2 Å². The Morgan fingerprint density at radius 1 is 1.53 bits per heavy atom. The Hall–Kier alpha value is -2.64. The van der Waals surface area contributed by atoms with Crippen molar-refractivity contribution in [3.05, 3.63) is 30.0 Å². The van der Waals surface area contributed by atoms with Gasteiger partial charge in [0.2, 0.25) is 6.39 Å². The number of anilines is 2. The molecule has 0 atom stereocenters. The van der Waals surface area contributed by atoms with Crippen LogP contribution in [0.3, 0.4) is 0 Å². The van der Waals surface area contributed by atoms with Gasteiger partial charge in [-0.05, 0) is 6.07 Å². The lowest BCUT2D eigenvalue weighted by molar-refractivity contribution is 0.0697. The number of aromatic nitrogens is 3. The van der Waals surface area contributed by atoms with E-state index in [-0.39, 0.29) is 23.6 Å². The minimum atomic E-state index is -1.11. The van der Waals surface area contributed by atoms with Crippen molar-refractivity contribution in [3.8, 4) is 0 Å². The Kier molecular flexibility index (Phi) is 2.86. The first-order valence-electron chi connectivity index (χ1n) is 4.65. The molecule has 0 saturated carbocycles. The molecule has 0 saturated heterocycles. The Morgan fingerprint density at radius 2 is 2.35 bits per heavy atom. The van der Waals surface area contributed by atoms with Gasteiger partial charge in [-0.25, -0.2) is 9.78 Å². The molecule has 0 unspecified atom stereocenters. The molecule has 0 aromatic carbocycles. The standard InChI is InChI=1S/C9H9N5O3/c10-5-1-6(9(15)16)8(11-2-5)12-3-7-13-4-17-14-7/h1-2,4H,3,10H2,(H,11,12)(H,15,16). The van der Waals surface area contributed by atoms with Crippen molar-refractivity contribution in [1.82, 2.24) is 15.1 Å². The van der Waals surface area contributed by atoms with E-state index >= 15 is 0 Å². The molecule has 0 bridgehead atoms. The van der Waals surface area contributed by atoms with E-state index < -0.39 is 5.97 Å². The van der Waals surface area contributed by atoms with Crippen LogP contribution in [0.2, 0.25) is 0 Å². The van der Waals surface area contributed by atoms with E-state index in [2.05, 4.69) is 25.0 Å². The highest BCUT2D eigenvalue weighted by Gasteiger charge is 2.12. The molecule has 2 heterocycles. The smallest absolute Gasteiger partial charge is 0.339 e. The van der Waals surface area contributed by atoms with Gasteiger partial charge in [0, 0.05) is 0 Å². The molecule has 0 aliphatic rings. The van der Waals surface area contributed by atoms with Gasteiger partial charge in [-0.15, -0.1) is 0 Å².